The Bertz CT molecular complexity index is 285. The van der Waals surface area contributed by atoms with Gasteiger partial charge in [0.1, 0.15) is 30.5 Å². The number of hydrogen-bond donors (Lipinski definition) is 4. The summed E-state index contributed by atoms with van der Waals surface area (Å²) in [6.07, 6.45) is -4.89. The Morgan fingerprint density at radius 2 is 2.00 bits per heavy atom. The van der Waals surface area contributed by atoms with Gasteiger partial charge in [0, 0.05) is 0 Å². The quantitative estimate of drug-likeness (QED) is 0.393. The number of morpholine rings is 1. The van der Waals surface area contributed by atoms with Gasteiger partial charge in [-0.05, 0) is 6.92 Å². The van der Waals surface area contributed by atoms with Gasteiger partial charge in [-0.2, -0.15) is 0 Å². The highest BCUT2D eigenvalue weighted by atomic mass is 16.7. The molecular formula is C9H15NO6. The van der Waals surface area contributed by atoms with Crippen LogP contribution >= 0.6 is 0 Å². The second-order valence-electron chi connectivity index (χ2n) is 4.02. The summed E-state index contributed by atoms with van der Waals surface area (Å²) in [6, 6.07) is -0.804. The molecule has 2 aliphatic heterocycles. The maximum absolute atomic E-state index is 11.3. The summed E-state index contributed by atoms with van der Waals surface area (Å²) in [5, 5.41) is 30.8. The fourth-order valence-corrected chi connectivity index (χ4v) is 1.90. The van der Waals surface area contributed by atoms with Gasteiger partial charge in [-0.1, -0.05) is 0 Å². The molecule has 2 heterocycles. The molecule has 0 aliphatic carbocycles. The van der Waals surface area contributed by atoms with Crippen LogP contribution in [0.1, 0.15) is 6.92 Å². The zero-order chi connectivity index (χ0) is 11.9. The lowest BCUT2D eigenvalue weighted by Gasteiger charge is -2.45. The minimum absolute atomic E-state index is 0.362. The van der Waals surface area contributed by atoms with Gasteiger partial charge < -0.3 is 30.1 Å². The van der Waals surface area contributed by atoms with Gasteiger partial charge in [0.2, 0.25) is 5.91 Å². The summed E-state index contributed by atoms with van der Waals surface area (Å²) in [5.41, 5.74) is 0. The van der Waals surface area contributed by atoms with Crippen LogP contribution in [0.25, 0.3) is 0 Å². The topological polar surface area (TPSA) is 108 Å². The average molecular weight is 233 g/mol. The van der Waals surface area contributed by atoms with Crippen LogP contribution in [-0.4, -0.2) is 64.6 Å². The van der Waals surface area contributed by atoms with Gasteiger partial charge in [0.15, 0.2) is 6.29 Å². The minimum Gasteiger partial charge on any atom is -0.394 e. The number of hydrogen-bond acceptors (Lipinski definition) is 6. The van der Waals surface area contributed by atoms with Crippen molar-refractivity contribution in [3.8, 4) is 0 Å². The predicted octanol–water partition coefficient (Wildman–Crippen LogP) is -2.67. The van der Waals surface area contributed by atoms with Crippen molar-refractivity contribution in [1.29, 1.82) is 0 Å². The minimum atomic E-state index is -1.25. The summed E-state index contributed by atoms with van der Waals surface area (Å²) >= 11 is 0. The summed E-state index contributed by atoms with van der Waals surface area (Å²) in [7, 11) is 0. The lowest BCUT2D eigenvalue weighted by atomic mass is 9.96. The standard InChI is InChI=1S/C9H15NO6/c1-3-8(14)10-5-7(13)6(12)4(2-11)16-9(5)15-3/h3-7,9,11-13H,2H2,1H3,(H,10,14)/t3-,4?,5?,6+,7?,9-/m0/s1. The van der Waals surface area contributed by atoms with E-state index in [2.05, 4.69) is 5.32 Å². The second-order valence-corrected chi connectivity index (χ2v) is 4.02. The van der Waals surface area contributed by atoms with E-state index in [9.17, 15) is 15.0 Å². The molecule has 0 spiro atoms. The Balaban J connectivity index is 2.13. The van der Waals surface area contributed by atoms with Crippen LogP contribution in [0.2, 0.25) is 0 Å². The second kappa shape index (κ2) is 4.27. The molecule has 6 atom stereocenters. The van der Waals surface area contributed by atoms with Crippen LogP contribution < -0.4 is 5.32 Å². The SMILES string of the molecule is C[C@@H]1O[C@H]2OC(CO)[C@@H](O)C(O)C2NC1=O. The van der Waals surface area contributed by atoms with E-state index in [1.54, 1.807) is 6.92 Å². The van der Waals surface area contributed by atoms with E-state index in [0.29, 0.717) is 0 Å². The maximum atomic E-state index is 11.3. The fraction of sp³-hybridized carbons (Fsp3) is 0.889. The van der Waals surface area contributed by atoms with Gasteiger partial charge in [-0.25, -0.2) is 0 Å². The lowest BCUT2D eigenvalue weighted by molar-refractivity contribution is -0.288. The number of carbonyl (C=O) groups excluding carboxylic acids is 1. The van der Waals surface area contributed by atoms with Gasteiger partial charge in [-0.3, -0.25) is 4.79 Å². The molecule has 7 nitrogen and oxygen atoms in total. The molecule has 0 aromatic rings. The van der Waals surface area contributed by atoms with Crippen molar-refractivity contribution in [2.24, 2.45) is 0 Å². The largest absolute Gasteiger partial charge is 0.394 e. The monoisotopic (exact) mass is 233 g/mol. The number of amides is 1. The number of aliphatic hydroxyl groups is 3. The number of rotatable bonds is 1. The summed E-state index contributed by atoms with van der Waals surface area (Å²) in [5.74, 6) is -0.362. The van der Waals surface area contributed by atoms with E-state index >= 15 is 0 Å². The molecule has 2 aliphatic rings. The van der Waals surface area contributed by atoms with Crippen LogP contribution in [-0.2, 0) is 14.3 Å². The number of nitrogens with one attached hydrogen (secondary N) is 1. The summed E-state index contributed by atoms with van der Waals surface area (Å²) in [6.45, 7) is 1.13. The van der Waals surface area contributed by atoms with E-state index in [4.69, 9.17) is 14.6 Å². The Labute approximate surface area is 92.0 Å². The molecule has 92 valence electrons. The zero-order valence-corrected chi connectivity index (χ0v) is 8.74. The van der Waals surface area contributed by atoms with E-state index < -0.39 is 43.4 Å². The van der Waals surface area contributed by atoms with Crippen LogP contribution in [0.3, 0.4) is 0 Å². The highest BCUT2D eigenvalue weighted by Gasteiger charge is 2.49. The van der Waals surface area contributed by atoms with Crippen molar-refractivity contribution < 1.29 is 29.6 Å². The molecule has 0 bridgehead atoms. The molecule has 0 radical (unpaired) electrons. The van der Waals surface area contributed by atoms with E-state index in [1.807, 2.05) is 0 Å². The van der Waals surface area contributed by atoms with Gasteiger partial charge in [-0.15, -0.1) is 0 Å². The fourth-order valence-electron chi connectivity index (χ4n) is 1.90. The Morgan fingerprint density at radius 3 is 2.62 bits per heavy atom. The predicted molar refractivity (Wildman–Crippen MR) is 50.2 cm³/mol. The van der Waals surface area contributed by atoms with E-state index in [1.165, 1.54) is 0 Å². The average Bonchev–Trinajstić information content (AvgIpc) is 2.26. The van der Waals surface area contributed by atoms with Crippen LogP contribution in [0, 0.1) is 0 Å². The zero-order valence-electron chi connectivity index (χ0n) is 8.74. The molecular weight excluding hydrogens is 218 g/mol. The lowest BCUT2D eigenvalue weighted by Crippen LogP contribution is -2.69. The van der Waals surface area contributed by atoms with Gasteiger partial charge in [0.25, 0.3) is 0 Å². The Kier molecular flexibility index (Phi) is 3.13. The van der Waals surface area contributed by atoms with Gasteiger partial charge >= 0.3 is 0 Å². The molecule has 7 heteroatoms. The first-order chi connectivity index (χ1) is 7.54. The van der Waals surface area contributed by atoms with E-state index in [0.717, 1.165) is 0 Å². The van der Waals surface area contributed by atoms with Crippen LogP contribution in [0.4, 0.5) is 0 Å². The van der Waals surface area contributed by atoms with Crippen molar-refractivity contribution in [2.45, 2.75) is 43.7 Å². The van der Waals surface area contributed by atoms with Crippen molar-refractivity contribution in [3.63, 3.8) is 0 Å². The van der Waals surface area contributed by atoms with Crippen molar-refractivity contribution in [1.82, 2.24) is 5.32 Å². The smallest absolute Gasteiger partial charge is 0.249 e. The molecule has 2 fully saturated rings. The Morgan fingerprint density at radius 1 is 1.31 bits per heavy atom. The highest BCUT2D eigenvalue weighted by Crippen LogP contribution is 2.25. The van der Waals surface area contributed by atoms with E-state index in [-0.39, 0.29) is 5.91 Å². The molecule has 0 aromatic carbocycles. The Hall–Kier alpha value is -0.730. The van der Waals surface area contributed by atoms with Crippen molar-refractivity contribution in [3.05, 3.63) is 0 Å². The third-order valence-electron chi connectivity index (χ3n) is 2.90. The van der Waals surface area contributed by atoms with Crippen molar-refractivity contribution in [2.75, 3.05) is 6.61 Å². The number of ether oxygens (including phenoxy) is 2. The summed E-state index contributed by atoms with van der Waals surface area (Å²) < 4.78 is 10.5. The molecule has 2 saturated heterocycles. The first-order valence-electron chi connectivity index (χ1n) is 5.13. The molecule has 0 aromatic heterocycles. The normalized spacial score (nSPS) is 48.4. The molecule has 2 rings (SSSR count). The maximum Gasteiger partial charge on any atom is 0.249 e. The van der Waals surface area contributed by atoms with Gasteiger partial charge in [0.05, 0.1) is 6.61 Å². The first-order valence-corrected chi connectivity index (χ1v) is 5.13. The number of aliphatic hydroxyl groups excluding tert-OH is 3. The number of carbonyl (C=O) groups is 1. The first kappa shape index (κ1) is 11.7. The van der Waals surface area contributed by atoms with Crippen LogP contribution in [0.15, 0.2) is 0 Å². The molecule has 1 amide bonds. The van der Waals surface area contributed by atoms with Crippen LogP contribution in [0.5, 0.6) is 0 Å². The molecule has 16 heavy (non-hydrogen) atoms. The highest BCUT2D eigenvalue weighted by molar-refractivity contribution is 5.81. The third-order valence-corrected chi connectivity index (χ3v) is 2.90. The molecule has 0 saturated carbocycles. The summed E-state index contributed by atoms with van der Waals surface area (Å²) in [4.78, 5) is 11.3. The molecule has 3 unspecified atom stereocenters. The third kappa shape index (κ3) is 1.80. The van der Waals surface area contributed by atoms with Crippen molar-refractivity contribution >= 4 is 5.91 Å². The number of fused-ring (bicyclic) bond motifs is 1. The molecule has 4 N–H and O–H groups in total.